The zero-order valence-electron chi connectivity index (χ0n) is 15.6. The van der Waals surface area contributed by atoms with Crippen LogP contribution in [0.4, 0.5) is 0 Å². The van der Waals surface area contributed by atoms with Gasteiger partial charge in [-0.25, -0.2) is 0 Å². The topological polar surface area (TPSA) is 36.0 Å². The van der Waals surface area contributed by atoms with Gasteiger partial charge in [-0.15, -0.1) is 0 Å². The molecule has 0 spiro atoms. The summed E-state index contributed by atoms with van der Waals surface area (Å²) in [6.07, 6.45) is 12.1. The molecule has 1 unspecified atom stereocenters. The monoisotopic (exact) mass is 327 g/mol. The molecular weight excluding hydrogens is 294 g/mol. The first kappa shape index (κ1) is 17.4. The molecule has 1 aromatic carbocycles. The van der Waals surface area contributed by atoms with E-state index in [0.717, 1.165) is 5.52 Å². The summed E-state index contributed by atoms with van der Waals surface area (Å²) >= 11 is 0. The zero-order valence-corrected chi connectivity index (χ0v) is 15.6. The number of H-pyrrole nitrogens is 1. The second kappa shape index (κ2) is 7.21. The van der Waals surface area contributed by atoms with E-state index in [9.17, 15) is 5.11 Å². The molecule has 0 bridgehead atoms. The van der Waals surface area contributed by atoms with Crippen molar-refractivity contribution in [2.24, 2.45) is 0 Å². The van der Waals surface area contributed by atoms with Crippen molar-refractivity contribution in [1.82, 2.24) is 4.98 Å². The molecule has 0 saturated carbocycles. The number of hydrogen-bond donors (Lipinski definition) is 2. The van der Waals surface area contributed by atoms with Crippen molar-refractivity contribution in [2.75, 3.05) is 0 Å². The average molecular weight is 328 g/mol. The highest BCUT2D eigenvalue weighted by atomic mass is 16.3. The summed E-state index contributed by atoms with van der Waals surface area (Å²) in [5.74, 6) is 1.03. The minimum Gasteiger partial charge on any atom is -0.508 e. The van der Waals surface area contributed by atoms with Crippen molar-refractivity contribution in [3.8, 4) is 5.75 Å². The predicted octanol–water partition coefficient (Wildman–Crippen LogP) is 6.78. The molecular formula is C22H33NO. The summed E-state index contributed by atoms with van der Waals surface area (Å²) in [4.78, 5) is 3.64. The van der Waals surface area contributed by atoms with Crippen LogP contribution in [0.5, 0.6) is 5.75 Å². The number of aromatic nitrogens is 1. The van der Waals surface area contributed by atoms with Crippen molar-refractivity contribution in [3.63, 3.8) is 0 Å². The summed E-state index contributed by atoms with van der Waals surface area (Å²) < 4.78 is 0. The number of fused-ring (bicyclic) bond motifs is 3. The van der Waals surface area contributed by atoms with Gasteiger partial charge in [0, 0.05) is 28.1 Å². The lowest BCUT2D eigenvalue weighted by Gasteiger charge is -2.35. The lowest BCUT2D eigenvalue weighted by atomic mass is 9.70. The van der Waals surface area contributed by atoms with Crippen LogP contribution in [0.15, 0.2) is 18.2 Å². The van der Waals surface area contributed by atoms with Gasteiger partial charge >= 0.3 is 0 Å². The Labute approximate surface area is 146 Å². The summed E-state index contributed by atoms with van der Waals surface area (Å²) in [5.41, 5.74) is 4.25. The molecule has 3 rings (SSSR count). The van der Waals surface area contributed by atoms with Crippen LogP contribution in [0.3, 0.4) is 0 Å². The van der Waals surface area contributed by atoms with Gasteiger partial charge in [0.1, 0.15) is 5.75 Å². The largest absolute Gasteiger partial charge is 0.508 e. The van der Waals surface area contributed by atoms with Gasteiger partial charge in [-0.3, -0.25) is 0 Å². The van der Waals surface area contributed by atoms with Crippen LogP contribution in [-0.4, -0.2) is 10.1 Å². The number of unbranched alkanes of at least 4 members (excludes halogenated alkanes) is 5. The second-order valence-electron chi connectivity index (χ2n) is 8.32. The van der Waals surface area contributed by atoms with Gasteiger partial charge in [0.2, 0.25) is 0 Å². The van der Waals surface area contributed by atoms with Crippen LogP contribution in [0.2, 0.25) is 0 Å². The van der Waals surface area contributed by atoms with Gasteiger partial charge in [-0.05, 0) is 42.9 Å². The number of phenolic OH excluding ortho intramolecular Hbond substituents is 1. The minimum atomic E-state index is 0.210. The highest BCUT2D eigenvalue weighted by molar-refractivity contribution is 5.87. The van der Waals surface area contributed by atoms with E-state index in [-0.39, 0.29) is 5.41 Å². The zero-order chi connectivity index (χ0) is 17.2. The number of aromatic hydroxyl groups is 1. The smallest absolute Gasteiger partial charge is 0.117 e. The Bertz CT molecular complexity index is 683. The van der Waals surface area contributed by atoms with Crippen LogP contribution in [0.25, 0.3) is 10.9 Å². The molecule has 1 aromatic heterocycles. The maximum absolute atomic E-state index is 9.81. The lowest BCUT2D eigenvalue weighted by molar-refractivity contribution is 0.370. The van der Waals surface area contributed by atoms with E-state index >= 15 is 0 Å². The molecule has 2 aromatic rings. The Hall–Kier alpha value is -1.44. The van der Waals surface area contributed by atoms with Crippen molar-refractivity contribution in [1.29, 1.82) is 0 Å². The fourth-order valence-electron chi connectivity index (χ4n) is 4.43. The van der Waals surface area contributed by atoms with Gasteiger partial charge in [0.05, 0.1) is 0 Å². The molecule has 0 radical (unpaired) electrons. The molecule has 2 heteroatoms. The van der Waals surface area contributed by atoms with E-state index in [4.69, 9.17) is 0 Å². The van der Waals surface area contributed by atoms with Crippen LogP contribution in [0.1, 0.15) is 95.7 Å². The van der Waals surface area contributed by atoms with Crippen molar-refractivity contribution >= 4 is 10.9 Å². The summed E-state index contributed by atoms with van der Waals surface area (Å²) in [6, 6.07) is 5.82. The molecule has 0 saturated heterocycles. The molecule has 0 amide bonds. The Morgan fingerprint density at radius 2 is 1.88 bits per heavy atom. The third kappa shape index (κ3) is 3.48. The number of rotatable bonds is 7. The maximum Gasteiger partial charge on any atom is 0.117 e. The third-order valence-corrected chi connectivity index (χ3v) is 5.93. The van der Waals surface area contributed by atoms with E-state index in [1.54, 1.807) is 0 Å². The molecule has 2 N–H and O–H groups in total. The quantitative estimate of drug-likeness (QED) is 0.540. The molecule has 132 valence electrons. The Kier molecular flexibility index (Phi) is 5.22. The predicted molar refractivity (Wildman–Crippen MR) is 103 cm³/mol. The van der Waals surface area contributed by atoms with Gasteiger partial charge in [-0.2, -0.15) is 0 Å². The average Bonchev–Trinajstić information content (AvgIpc) is 2.93. The third-order valence-electron chi connectivity index (χ3n) is 5.93. The first-order valence-corrected chi connectivity index (χ1v) is 9.88. The SMILES string of the molecule is CCCCCCCCC1CCC(C)(C)c2[nH]c3cc(O)ccc3c21. The standard InChI is InChI=1S/C22H33NO/c1-4-5-6-7-8-9-10-16-13-14-22(2,3)21-20(16)18-12-11-17(24)15-19(18)23-21/h11-12,15-16,23-24H,4-10,13-14H2,1-3H3. The van der Waals surface area contributed by atoms with Gasteiger partial charge in [0.15, 0.2) is 0 Å². The fraction of sp³-hybridized carbons (Fsp3) is 0.636. The molecule has 1 aliphatic carbocycles. The van der Waals surface area contributed by atoms with E-state index in [1.807, 2.05) is 12.1 Å². The molecule has 1 atom stereocenters. The molecule has 0 aliphatic heterocycles. The second-order valence-corrected chi connectivity index (χ2v) is 8.32. The molecule has 1 heterocycles. The van der Waals surface area contributed by atoms with Crippen LogP contribution < -0.4 is 0 Å². The number of benzene rings is 1. The molecule has 2 nitrogen and oxygen atoms in total. The Balaban J connectivity index is 1.78. The van der Waals surface area contributed by atoms with Crippen LogP contribution in [0, 0.1) is 0 Å². The summed E-state index contributed by atoms with van der Waals surface area (Å²) in [5, 5.41) is 11.1. The maximum atomic E-state index is 9.81. The highest BCUT2D eigenvalue weighted by Crippen LogP contribution is 2.47. The lowest BCUT2D eigenvalue weighted by Crippen LogP contribution is -2.26. The van der Waals surface area contributed by atoms with E-state index in [1.165, 1.54) is 74.4 Å². The minimum absolute atomic E-state index is 0.210. The first-order valence-electron chi connectivity index (χ1n) is 9.88. The molecule has 0 fully saturated rings. The van der Waals surface area contributed by atoms with E-state index < -0.39 is 0 Å². The number of nitrogens with one attached hydrogen (secondary N) is 1. The Morgan fingerprint density at radius 1 is 1.12 bits per heavy atom. The van der Waals surface area contributed by atoms with Crippen molar-refractivity contribution in [2.45, 2.75) is 89.9 Å². The Morgan fingerprint density at radius 3 is 2.67 bits per heavy atom. The summed E-state index contributed by atoms with van der Waals surface area (Å²) in [6.45, 7) is 6.98. The van der Waals surface area contributed by atoms with E-state index in [2.05, 4.69) is 31.8 Å². The number of phenols is 1. The van der Waals surface area contributed by atoms with Crippen LogP contribution >= 0.6 is 0 Å². The number of aromatic amines is 1. The summed E-state index contributed by atoms with van der Waals surface area (Å²) in [7, 11) is 0. The van der Waals surface area contributed by atoms with Crippen molar-refractivity contribution in [3.05, 3.63) is 29.5 Å². The van der Waals surface area contributed by atoms with Crippen molar-refractivity contribution < 1.29 is 5.11 Å². The highest BCUT2D eigenvalue weighted by Gasteiger charge is 2.35. The van der Waals surface area contributed by atoms with Gasteiger partial charge in [-0.1, -0.05) is 59.3 Å². The fourth-order valence-corrected chi connectivity index (χ4v) is 4.43. The molecule has 1 aliphatic rings. The van der Waals surface area contributed by atoms with Crippen LogP contribution in [-0.2, 0) is 5.41 Å². The van der Waals surface area contributed by atoms with E-state index in [0.29, 0.717) is 11.7 Å². The molecule has 24 heavy (non-hydrogen) atoms. The van der Waals surface area contributed by atoms with Gasteiger partial charge in [0.25, 0.3) is 0 Å². The normalized spacial score (nSPS) is 19.5. The number of hydrogen-bond acceptors (Lipinski definition) is 1. The van der Waals surface area contributed by atoms with Gasteiger partial charge < -0.3 is 10.1 Å². The first-order chi connectivity index (χ1) is 11.5.